The molecule has 0 radical (unpaired) electrons. The Kier molecular flexibility index (Phi) is 7.53. The summed E-state index contributed by atoms with van der Waals surface area (Å²) < 4.78 is 1.42. The molecule has 35 heavy (non-hydrogen) atoms. The minimum Gasteiger partial charge on any atom is -0.349 e. The van der Waals surface area contributed by atoms with Crippen molar-refractivity contribution in [3.05, 3.63) is 130 Å². The second-order valence-electron chi connectivity index (χ2n) is 8.36. The molecule has 6 nitrogen and oxygen atoms in total. The fraction of sp³-hybridized carbons (Fsp3) is 0.138. The monoisotopic (exact) mass is 465 g/mol. The highest BCUT2D eigenvalue weighted by atomic mass is 16.2. The quantitative estimate of drug-likeness (QED) is 0.391. The molecule has 2 amide bonds. The third-order valence-corrected chi connectivity index (χ3v) is 5.72. The van der Waals surface area contributed by atoms with Crippen LogP contribution in [-0.4, -0.2) is 22.4 Å². The smallest absolute Gasteiger partial charge is 0.267 e. The Morgan fingerprint density at radius 2 is 1.46 bits per heavy atom. The van der Waals surface area contributed by atoms with E-state index in [1.165, 1.54) is 16.2 Å². The summed E-state index contributed by atoms with van der Waals surface area (Å²) in [7, 11) is 0. The first-order valence-corrected chi connectivity index (χ1v) is 11.5. The zero-order chi connectivity index (χ0) is 24.6. The van der Waals surface area contributed by atoms with E-state index in [4.69, 9.17) is 0 Å². The second kappa shape index (κ2) is 11.1. The molecule has 3 aromatic carbocycles. The van der Waals surface area contributed by atoms with Crippen molar-refractivity contribution in [1.82, 2.24) is 9.88 Å². The number of aromatic nitrogens is 1. The van der Waals surface area contributed by atoms with Gasteiger partial charge in [0.2, 0.25) is 0 Å². The van der Waals surface area contributed by atoms with Gasteiger partial charge in [0.1, 0.15) is 5.56 Å². The molecule has 4 aromatic rings. The predicted molar refractivity (Wildman–Crippen MR) is 138 cm³/mol. The molecule has 176 valence electrons. The van der Waals surface area contributed by atoms with Crippen LogP contribution in [0.25, 0.3) is 5.69 Å². The summed E-state index contributed by atoms with van der Waals surface area (Å²) >= 11 is 0. The van der Waals surface area contributed by atoms with Crippen molar-refractivity contribution in [1.29, 1.82) is 0 Å². The molecule has 0 bridgehead atoms. The lowest BCUT2D eigenvalue weighted by atomic mass is 10.1. The molecule has 1 atom stereocenters. The Labute approximate surface area is 204 Å². The van der Waals surface area contributed by atoms with Crippen molar-refractivity contribution in [3.8, 4) is 5.69 Å². The lowest BCUT2D eigenvalue weighted by molar-refractivity contribution is 0.0936. The van der Waals surface area contributed by atoms with E-state index < -0.39 is 11.5 Å². The van der Waals surface area contributed by atoms with Crippen molar-refractivity contribution in [3.63, 3.8) is 0 Å². The van der Waals surface area contributed by atoms with Gasteiger partial charge in [-0.3, -0.25) is 19.0 Å². The summed E-state index contributed by atoms with van der Waals surface area (Å²) in [5, 5.41) is 5.77. The summed E-state index contributed by atoms with van der Waals surface area (Å²) in [5.74, 6) is -0.604. The summed E-state index contributed by atoms with van der Waals surface area (Å²) in [6.07, 6.45) is 3.23. The second-order valence-corrected chi connectivity index (χ2v) is 8.36. The summed E-state index contributed by atoms with van der Waals surface area (Å²) in [5.41, 5.74) is 2.65. The molecular weight excluding hydrogens is 438 g/mol. The highest BCUT2D eigenvalue weighted by Gasteiger charge is 2.15. The van der Waals surface area contributed by atoms with Crippen LogP contribution in [0, 0.1) is 0 Å². The van der Waals surface area contributed by atoms with Crippen LogP contribution >= 0.6 is 0 Å². The minimum absolute atomic E-state index is 0.0803. The molecule has 6 heteroatoms. The maximum absolute atomic E-state index is 13.1. The number of anilines is 1. The van der Waals surface area contributed by atoms with Crippen LogP contribution in [-0.2, 0) is 6.42 Å². The molecule has 1 aromatic heterocycles. The number of amides is 2. The number of carbonyl (C=O) groups is 2. The Bertz CT molecular complexity index is 1350. The van der Waals surface area contributed by atoms with Crippen molar-refractivity contribution < 1.29 is 9.59 Å². The third-order valence-electron chi connectivity index (χ3n) is 5.72. The molecule has 0 aliphatic heterocycles. The number of nitrogens with zero attached hydrogens (tertiary/aromatic N) is 1. The van der Waals surface area contributed by atoms with Gasteiger partial charge in [-0.25, -0.2) is 0 Å². The Balaban J connectivity index is 1.42. The van der Waals surface area contributed by atoms with E-state index in [9.17, 15) is 14.4 Å². The van der Waals surface area contributed by atoms with Crippen LogP contribution in [0.1, 0.15) is 39.6 Å². The number of carbonyl (C=O) groups excluding carboxylic acids is 2. The first-order valence-electron chi connectivity index (χ1n) is 11.5. The Hall–Kier alpha value is -4.45. The molecular formula is C29H27N3O3. The molecule has 0 saturated carbocycles. The van der Waals surface area contributed by atoms with E-state index in [0.29, 0.717) is 16.9 Å². The lowest BCUT2D eigenvalue weighted by Crippen LogP contribution is -2.37. The van der Waals surface area contributed by atoms with Gasteiger partial charge in [0, 0.05) is 29.2 Å². The zero-order valence-corrected chi connectivity index (χ0v) is 19.5. The van der Waals surface area contributed by atoms with Gasteiger partial charge in [0.05, 0.1) is 0 Å². The number of nitrogens with one attached hydrogen (secondary N) is 2. The maximum Gasteiger partial charge on any atom is 0.267 e. The van der Waals surface area contributed by atoms with Crippen LogP contribution in [0.2, 0.25) is 0 Å². The van der Waals surface area contributed by atoms with Gasteiger partial charge < -0.3 is 10.6 Å². The molecule has 1 heterocycles. The lowest BCUT2D eigenvalue weighted by Gasteiger charge is -2.15. The van der Waals surface area contributed by atoms with Gasteiger partial charge in [-0.1, -0.05) is 48.5 Å². The molecule has 0 spiro atoms. The van der Waals surface area contributed by atoms with Gasteiger partial charge in [0.25, 0.3) is 17.4 Å². The molecule has 0 aliphatic rings. The molecule has 0 saturated heterocycles. The number of hydrogen-bond acceptors (Lipinski definition) is 3. The van der Waals surface area contributed by atoms with Crippen LogP contribution in [0.3, 0.4) is 0 Å². The number of benzene rings is 3. The average Bonchev–Trinajstić information content (AvgIpc) is 2.89. The van der Waals surface area contributed by atoms with E-state index in [0.717, 1.165) is 12.8 Å². The first kappa shape index (κ1) is 23.7. The average molecular weight is 466 g/mol. The summed E-state index contributed by atoms with van der Waals surface area (Å²) in [6, 6.07) is 29.0. The number of aryl methyl sites for hydroxylation is 1. The van der Waals surface area contributed by atoms with Crippen LogP contribution in [0.15, 0.2) is 108 Å². The largest absolute Gasteiger partial charge is 0.349 e. The van der Waals surface area contributed by atoms with Crippen molar-refractivity contribution in [2.75, 3.05) is 5.32 Å². The van der Waals surface area contributed by atoms with Crippen LogP contribution < -0.4 is 16.2 Å². The standard InChI is InChI=1S/C29H27N3O3/c1-21(14-15-22-9-4-2-5-10-22)30-28(34)26-13-8-20-32(29(26)35)25-18-16-24(17-19-25)31-27(33)23-11-6-3-7-12-23/h2-13,16-21H,14-15H2,1H3,(H,30,34)(H,31,33). The molecule has 2 N–H and O–H groups in total. The molecule has 4 rings (SSSR count). The van der Waals surface area contributed by atoms with Gasteiger partial charge in [0.15, 0.2) is 0 Å². The maximum atomic E-state index is 13.1. The molecule has 0 aliphatic carbocycles. The SMILES string of the molecule is CC(CCc1ccccc1)NC(=O)c1cccn(-c2ccc(NC(=O)c3ccccc3)cc2)c1=O. The van der Waals surface area contributed by atoms with E-state index in [-0.39, 0.29) is 17.5 Å². The number of rotatable bonds is 8. The number of hydrogen-bond donors (Lipinski definition) is 2. The van der Waals surface area contributed by atoms with Gasteiger partial charge in [-0.2, -0.15) is 0 Å². The molecule has 0 fully saturated rings. The third kappa shape index (κ3) is 6.12. The van der Waals surface area contributed by atoms with Crippen molar-refractivity contribution in [2.24, 2.45) is 0 Å². The zero-order valence-electron chi connectivity index (χ0n) is 19.5. The van der Waals surface area contributed by atoms with Crippen molar-refractivity contribution >= 4 is 17.5 Å². The Morgan fingerprint density at radius 1 is 0.800 bits per heavy atom. The summed E-state index contributed by atoms with van der Waals surface area (Å²) in [6.45, 7) is 1.94. The van der Waals surface area contributed by atoms with Gasteiger partial charge in [-0.05, 0) is 73.9 Å². The highest BCUT2D eigenvalue weighted by molar-refractivity contribution is 6.04. The van der Waals surface area contributed by atoms with Gasteiger partial charge >= 0.3 is 0 Å². The summed E-state index contributed by atoms with van der Waals surface area (Å²) in [4.78, 5) is 38.2. The van der Waals surface area contributed by atoms with Crippen LogP contribution in [0.4, 0.5) is 5.69 Å². The van der Waals surface area contributed by atoms with Crippen molar-refractivity contribution in [2.45, 2.75) is 25.8 Å². The van der Waals surface area contributed by atoms with E-state index in [1.54, 1.807) is 60.8 Å². The highest BCUT2D eigenvalue weighted by Crippen LogP contribution is 2.14. The predicted octanol–water partition coefficient (Wildman–Crippen LogP) is 4.84. The van der Waals surface area contributed by atoms with E-state index in [2.05, 4.69) is 22.8 Å². The van der Waals surface area contributed by atoms with Crippen LogP contribution in [0.5, 0.6) is 0 Å². The minimum atomic E-state index is -0.402. The van der Waals surface area contributed by atoms with Gasteiger partial charge in [-0.15, -0.1) is 0 Å². The fourth-order valence-corrected chi connectivity index (χ4v) is 3.77. The number of pyridine rings is 1. The fourth-order valence-electron chi connectivity index (χ4n) is 3.77. The van der Waals surface area contributed by atoms with E-state index in [1.807, 2.05) is 31.2 Å². The normalized spacial score (nSPS) is 11.5. The molecule has 1 unspecified atom stereocenters. The topological polar surface area (TPSA) is 80.2 Å². The Morgan fingerprint density at radius 3 is 2.14 bits per heavy atom. The first-order chi connectivity index (χ1) is 17.0. The van der Waals surface area contributed by atoms with E-state index >= 15 is 0 Å².